The Morgan fingerprint density at radius 2 is 1.82 bits per heavy atom. The second-order valence-electron chi connectivity index (χ2n) is 5.52. The zero-order chi connectivity index (χ0) is 13.9. The quantitative estimate of drug-likeness (QED) is 0.255. The van der Waals surface area contributed by atoms with Gasteiger partial charge in [0.05, 0.1) is 15.2 Å². The summed E-state index contributed by atoms with van der Waals surface area (Å²) in [4.78, 5) is 14.7. The topological polar surface area (TPSA) is 62.7 Å². The Morgan fingerprint density at radius 3 is 2.06 bits per heavy atom. The van der Waals surface area contributed by atoms with Crippen LogP contribution in [0, 0.1) is 0 Å². The van der Waals surface area contributed by atoms with Gasteiger partial charge in [-0.25, -0.2) is 4.79 Å². The first-order valence-corrected chi connectivity index (χ1v) is 8.61. The Hall–Kier alpha value is -1.19. The van der Waals surface area contributed by atoms with Crippen molar-refractivity contribution in [3.05, 3.63) is 16.8 Å². The van der Waals surface area contributed by atoms with E-state index in [2.05, 4.69) is 43.4 Å². The molecule has 0 saturated carbocycles. The highest BCUT2D eigenvalue weighted by Crippen LogP contribution is 2.40. The van der Waals surface area contributed by atoms with Gasteiger partial charge in [-0.1, -0.05) is 39.9 Å². The number of ether oxygens (including phenoxy) is 1. The van der Waals surface area contributed by atoms with Crippen molar-refractivity contribution in [3.63, 3.8) is 0 Å². The van der Waals surface area contributed by atoms with E-state index in [-0.39, 0.29) is 10.7 Å². The van der Waals surface area contributed by atoms with Gasteiger partial charge in [-0.3, -0.25) is 0 Å². The number of methoxy groups -OCH3 is 1. The van der Waals surface area contributed by atoms with Gasteiger partial charge in [-0.05, 0) is 12.0 Å². The summed E-state index contributed by atoms with van der Waals surface area (Å²) in [5.41, 5.74) is 9.06. The number of hydrogen-bond acceptors (Lipinski definition) is 2. The maximum atomic E-state index is 11.6. The van der Waals surface area contributed by atoms with Crippen LogP contribution in [-0.4, -0.2) is 31.7 Å². The van der Waals surface area contributed by atoms with E-state index in [0.29, 0.717) is 0 Å². The van der Waals surface area contributed by atoms with Gasteiger partial charge in [-0.15, -0.1) is 0 Å². The average molecular weight is 254 g/mol. The van der Waals surface area contributed by atoms with Gasteiger partial charge in [0.2, 0.25) is 0 Å². The Labute approximate surface area is 104 Å². The van der Waals surface area contributed by atoms with Crippen LogP contribution in [0.5, 0.6) is 0 Å². The lowest BCUT2D eigenvalue weighted by Crippen LogP contribution is -2.44. The fraction of sp³-hybridized carbons (Fsp3) is 0.667. The van der Waals surface area contributed by atoms with E-state index in [1.165, 1.54) is 7.11 Å². The highest BCUT2D eigenvalue weighted by Gasteiger charge is 2.45. The van der Waals surface area contributed by atoms with E-state index in [9.17, 15) is 4.79 Å². The molecule has 0 aromatic carbocycles. The molecule has 0 N–H and O–H groups in total. The first-order chi connectivity index (χ1) is 7.63. The zero-order valence-corrected chi connectivity index (χ0v) is 12.8. The number of rotatable bonds is 3. The molecule has 4 nitrogen and oxygen atoms in total. The summed E-state index contributed by atoms with van der Waals surface area (Å²) in [6.07, 6.45) is 1.85. The average Bonchev–Trinajstić information content (AvgIpc) is 2.22. The lowest BCUT2D eigenvalue weighted by atomic mass is 10.2. The fourth-order valence-corrected chi connectivity index (χ4v) is 3.77. The molecule has 0 aromatic rings. The summed E-state index contributed by atoms with van der Waals surface area (Å²) >= 11 is 0. The monoisotopic (exact) mass is 254 g/mol. The van der Waals surface area contributed by atoms with Crippen molar-refractivity contribution in [2.24, 2.45) is 0 Å². The molecule has 0 bridgehead atoms. The van der Waals surface area contributed by atoms with Crippen LogP contribution >= 0.6 is 0 Å². The summed E-state index contributed by atoms with van der Waals surface area (Å²) in [5.74, 6) is -0.592. The molecule has 17 heavy (non-hydrogen) atoms. The third kappa shape index (κ3) is 3.14. The van der Waals surface area contributed by atoms with Gasteiger partial charge in [0, 0.05) is 5.20 Å². The lowest BCUT2D eigenvalue weighted by Gasteiger charge is -2.36. The van der Waals surface area contributed by atoms with Crippen LogP contribution in [0.4, 0.5) is 0 Å². The molecule has 0 atom stereocenters. The van der Waals surface area contributed by atoms with Crippen LogP contribution in [0.1, 0.15) is 27.7 Å². The molecule has 0 aliphatic carbocycles. The number of nitrogens with zero attached hydrogens (tertiary/aromatic N) is 2. The van der Waals surface area contributed by atoms with Crippen molar-refractivity contribution in [1.82, 2.24) is 0 Å². The molecule has 96 valence electrons. The van der Waals surface area contributed by atoms with Crippen LogP contribution in [0.2, 0.25) is 18.1 Å². The van der Waals surface area contributed by atoms with Crippen molar-refractivity contribution < 1.29 is 14.3 Å². The van der Waals surface area contributed by atoms with Gasteiger partial charge in [-0.2, -0.15) is 4.79 Å². The third-order valence-electron chi connectivity index (χ3n) is 3.57. The van der Waals surface area contributed by atoms with Gasteiger partial charge >= 0.3 is 11.7 Å². The summed E-state index contributed by atoms with van der Waals surface area (Å²) in [7, 11) is -0.644. The second-order valence-corrected chi connectivity index (χ2v) is 10.8. The largest absolute Gasteiger partial charge is 0.460 e. The van der Waals surface area contributed by atoms with Crippen LogP contribution in [0.15, 0.2) is 11.3 Å². The Balaban J connectivity index is 5.69. The van der Waals surface area contributed by atoms with E-state index in [1.807, 2.05) is 13.0 Å². The molecule has 0 aromatic heterocycles. The van der Waals surface area contributed by atoms with Crippen molar-refractivity contribution in [2.45, 2.75) is 45.8 Å². The van der Waals surface area contributed by atoms with Gasteiger partial charge < -0.3 is 10.3 Å². The SMILES string of the molecule is C/C=C(/C(=[N+]=[N-])C(=O)OC)[Si](C)(C)C(C)(C)C. The minimum Gasteiger partial charge on any atom is -0.460 e. The van der Waals surface area contributed by atoms with Gasteiger partial charge in [0.25, 0.3) is 0 Å². The highest BCUT2D eigenvalue weighted by atomic mass is 28.3. The number of allylic oxidation sites excluding steroid dienone is 1. The molecule has 0 aliphatic rings. The maximum Gasteiger partial charge on any atom is 0.421 e. The third-order valence-corrected chi connectivity index (χ3v) is 9.19. The standard InChI is InChI=1S/C12H22N2O2Si/c1-8-9(10(14-13)11(15)16-5)17(6,7)12(2,3)4/h8H,1-7H3/b9-8-. The predicted octanol–water partition coefficient (Wildman–Crippen LogP) is 2.82. The van der Waals surface area contributed by atoms with Crippen LogP contribution < -0.4 is 0 Å². The Kier molecular flexibility index (Phi) is 5.05. The van der Waals surface area contributed by atoms with Crippen molar-refractivity contribution in [2.75, 3.05) is 7.11 Å². The highest BCUT2D eigenvalue weighted by molar-refractivity contribution is 6.92. The number of hydrogen-bond donors (Lipinski definition) is 0. The van der Waals surface area contributed by atoms with Crippen molar-refractivity contribution in [3.8, 4) is 0 Å². The summed E-state index contributed by atoms with van der Waals surface area (Å²) in [5, 5.41) is 0.873. The van der Waals surface area contributed by atoms with Crippen LogP contribution in [0.25, 0.3) is 5.53 Å². The smallest absolute Gasteiger partial charge is 0.421 e. The summed E-state index contributed by atoms with van der Waals surface area (Å²) in [6.45, 7) is 12.6. The molecule has 0 unspecified atom stereocenters. The molecule has 0 aliphatic heterocycles. The predicted molar refractivity (Wildman–Crippen MR) is 71.6 cm³/mol. The van der Waals surface area contributed by atoms with E-state index >= 15 is 0 Å². The molecule has 5 heteroatoms. The molecular formula is C12H22N2O2Si. The van der Waals surface area contributed by atoms with Gasteiger partial charge in [0.1, 0.15) is 0 Å². The van der Waals surface area contributed by atoms with E-state index in [4.69, 9.17) is 5.53 Å². The van der Waals surface area contributed by atoms with Crippen LogP contribution in [0.3, 0.4) is 0 Å². The molecule has 0 saturated heterocycles. The molecule has 0 amide bonds. The number of carbonyl (C=O) groups excluding carboxylic acids is 1. The summed E-state index contributed by atoms with van der Waals surface area (Å²) in [6, 6.07) is 0. The normalized spacial score (nSPS) is 13.0. The lowest BCUT2D eigenvalue weighted by molar-refractivity contribution is -0.137. The van der Waals surface area contributed by atoms with Crippen molar-refractivity contribution >= 4 is 19.8 Å². The van der Waals surface area contributed by atoms with Crippen LogP contribution in [-0.2, 0) is 9.53 Å². The first kappa shape index (κ1) is 15.8. The molecular weight excluding hydrogens is 232 g/mol. The molecule has 0 heterocycles. The first-order valence-electron chi connectivity index (χ1n) is 5.61. The zero-order valence-electron chi connectivity index (χ0n) is 11.8. The van der Waals surface area contributed by atoms with E-state index in [0.717, 1.165) is 5.20 Å². The maximum absolute atomic E-state index is 11.6. The molecule has 0 fully saturated rings. The molecule has 0 rings (SSSR count). The Morgan fingerprint density at radius 1 is 1.35 bits per heavy atom. The number of esters is 1. The number of carbonyl (C=O) groups is 1. The van der Waals surface area contributed by atoms with Crippen molar-refractivity contribution in [1.29, 1.82) is 0 Å². The molecule has 0 spiro atoms. The Bertz CT molecular complexity index is 386. The minimum absolute atomic E-state index is 0.0293. The molecule has 0 radical (unpaired) electrons. The van der Waals surface area contributed by atoms with Gasteiger partial charge in [0.15, 0.2) is 0 Å². The van der Waals surface area contributed by atoms with E-state index in [1.54, 1.807) is 0 Å². The second kappa shape index (κ2) is 5.43. The summed E-state index contributed by atoms with van der Waals surface area (Å²) < 4.78 is 4.65. The minimum atomic E-state index is -1.93. The van der Waals surface area contributed by atoms with E-state index < -0.39 is 14.0 Å². The fourth-order valence-electron chi connectivity index (χ4n) is 1.50.